The molecule has 4 nitrogen and oxygen atoms in total. The molecule has 1 rings (SSSR count). The van der Waals surface area contributed by atoms with Crippen molar-refractivity contribution >= 4 is 5.69 Å². The predicted octanol–water partition coefficient (Wildman–Crippen LogP) is 1.17. The molecule has 0 bridgehead atoms. The lowest BCUT2D eigenvalue weighted by Crippen LogP contribution is -2.39. The summed E-state index contributed by atoms with van der Waals surface area (Å²) in [7, 11) is 0. The number of rotatable bonds is 5. The van der Waals surface area contributed by atoms with Crippen molar-refractivity contribution in [2.24, 2.45) is 0 Å². The third-order valence-electron chi connectivity index (χ3n) is 2.35. The van der Waals surface area contributed by atoms with Crippen LogP contribution in [0.25, 0.3) is 0 Å². The fourth-order valence-electron chi connectivity index (χ4n) is 1.68. The summed E-state index contributed by atoms with van der Waals surface area (Å²) < 4.78 is 0. The number of pyridine rings is 1. The first kappa shape index (κ1) is 12.9. The molecule has 0 radical (unpaired) electrons. The number of aliphatic hydroxyl groups is 2. The number of hydrogen-bond donors (Lipinski definition) is 2. The molecule has 90 valence electrons. The van der Waals surface area contributed by atoms with Gasteiger partial charge in [0, 0.05) is 36.7 Å². The Morgan fingerprint density at radius 1 is 1.44 bits per heavy atom. The lowest BCUT2D eigenvalue weighted by atomic mass is 10.1. The quantitative estimate of drug-likeness (QED) is 0.788. The van der Waals surface area contributed by atoms with Gasteiger partial charge in [0.2, 0.25) is 0 Å². The molecular weight excluding hydrogens is 204 g/mol. The van der Waals surface area contributed by atoms with E-state index < -0.39 is 5.60 Å². The normalized spacial score (nSPS) is 11.6. The molecule has 0 amide bonds. The third-order valence-corrected chi connectivity index (χ3v) is 2.35. The van der Waals surface area contributed by atoms with E-state index in [2.05, 4.69) is 4.98 Å². The van der Waals surface area contributed by atoms with Gasteiger partial charge < -0.3 is 15.1 Å². The van der Waals surface area contributed by atoms with Crippen LogP contribution in [0.2, 0.25) is 0 Å². The Kier molecular flexibility index (Phi) is 4.26. The van der Waals surface area contributed by atoms with Crippen molar-refractivity contribution in [2.45, 2.75) is 33.0 Å². The van der Waals surface area contributed by atoms with Crippen molar-refractivity contribution in [1.29, 1.82) is 0 Å². The molecule has 0 aliphatic carbocycles. The molecule has 0 aromatic carbocycles. The van der Waals surface area contributed by atoms with E-state index in [-0.39, 0.29) is 6.61 Å². The van der Waals surface area contributed by atoms with Crippen LogP contribution < -0.4 is 4.90 Å². The van der Waals surface area contributed by atoms with E-state index in [0.29, 0.717) is 6.54 Å². The minimum absolute atomic E-state index is 0.0362. The van der Waals surface area contributed by atoms with Crippen LogP contribution in [0.5, 0.6) is 0 Å². The number of aliphatic hydroxyl groups excluding tert-OH is 1. The van der Waals surface area contributed by atoms with Gasteiger partial charge in [0.05, 0.1) is 12.2 Å². The average molecular weight is 224 g/mol. The molecule has 2 N–H and O–H groups in total. The topological polar surface area (TPSA) is 56.6 Å². The second-order valence-electron chi connectivity index (χ2n) is 4.49. The summed E-state index contributed by atoms with van der Waals surface area (Å²) in [4.78, 5) is 6.02. The van der Waals surface area contributed by atoms with E-state index >= 15 is 0 Å². The summed E-state index contributed by atoms with van der Waals surface area (Å²) in [5, 5.41) is 19.1. The Morgan fingerprint density at radius 3 is 2.62 bits per heavy atom. The third kappa shape index (κ3) is 3.47. The molecule has 0 spiro atoms. The molecule has 1 aromatic heterocycles. The number of aromatic nitrogens is 1. The van der Waals surface area contributed by atoms with E-state index in [4.69, 9.17) is 0 Å². The van der Waals surface area contributed by atoms with Gasteiger partial charge in [-0.3, -0.25) is 4.98 Å². The van der Waals surface area contributed by atoms with E-state index in [9.17, 15) is 10.2 Å². The largest absolute Gasteiger partial charge is 0.392 e. The average Bonchev–Trinajstić information content (AvgIpc) is 2.24. The smallest absolute Gasteiger partial charge is 0.0765 e. The molecule has 0 fully saturated rings. The predicted molar refractivity (Wildman–Crippen MR) is 64.3 cm³/mol. The Morgan fingerprint density at radius 2 is 2.12 bits per heavy atom. The summed E-state index contributed by atoms with van der Waals surface area (Å²) in [6.45, 7) is 6.84. The van der Waals surface area contributed by atoms with E-state index in [0.717, 1.165) is 17.8 Å². The zero-order valence-corrected chi connectivity index (χ0v) is 10.1. The zero-order valence-electron chi connectivity index (χ0n) is 10.1. The minimum Gasteiger partial charge on any atom is -0.392 e. The van der Waals surface area contributed by atoms with Crippen molar-refractivity contribution < 1.29 is 10.2 Å². The fourth-order valence-corrected chi connectivity index (χ4v) is 1.68. The molecule has 0 unspecified atom stereocenters. The standard InChI is InChI=1S/C12H20N2O2/c1-4-14(9-12(2,3)16)11-5-6-13-7-10(11)8-15/h5-7,15-16H,4,8-9H2,1-3H3. The number of anilines is 1. The second kappa shape index (κ2) is 5.27. The number of hydrogen-bond acceptors (Lipinski definition) is 4. The van der Waals surface area contributed by atoms with Crippen molar-refractivity contribution in [3.05, 3.63) is 24.0 Å². The van der Waals surface area contributed by atoms with Crippen LogP contribution in [0, 0.1) is 0 Å². The maximum atomic E-state index is 9.82. The summed E-state index contributed by atoms with van der Waals surface area (Å²) in [6.07, 6.45) is 3.35. The Labute approximate surface area is 96.6 Å². The monoisotopic (exact) mass is 224 g/mol. The molecule has 0 saturated heterocycles. The van der Waals surface area contributed by atoms with Crippen LogP contribution >= 0.6 is 0 Å². The van der Waals surface area contributed by atoms with Crippen LogP contribution in [0.15, 0.2) is 18.5 Å². The highest BCUT2D eigenvalue weighted by atomic mass is 16.3. The maximum absolute atomic E-state index is 9.82. The van der Waals surface area contributed by atoms with Crippen molar-refractivity contribution in [1.82, 2.24) is 4.98 Å². The van der Waals surface area contributed by atoms with Crippen LogP contribution in [0.4, 0.5) is 5.69 Å². The number of likely N-dealkylation sites (N-methyl/N-ethyl adjacent to an activating group) is 1. The lowest BCUT2D eigenvalue weighted by molar-refractivity contribution is 0.0875. The second-order valence-corrected chi connectivity index (χ2v) is 4.49. The van der Waals surface area contributed by atoms with Crippen molar-refractivity contribution in [3.8, 4) is 0 Å². The van der Waals surface area contributed by atoms with Gasteiger partial charge in [0.25, 0.3) is 0 Å². The summed E-state index contributed by atoms with van der Waals surface area (Å²) >= 11 is 0. The maximum Gasteiger partial charge on any atom is 0.0765 e. The van der Waals surface area contributed by atoms with Crippen LogP contribution in [-0.2, 0) is 6.61 Å². The molecule has 1 aromatic rings. The molecule has 0 atom stereocenters. The highest BCUT2D eigenvalue weighted by Gasteiger charge is 2.19. The van der Waals surface area contributed by atoms with Gasteiger partial charge in [-0.1, -0.05) is 0 Å². The Balaban J connectivity index is 2.94. The first-order chi connectivity index (χ1) is 7.48. The van der Waals surface area contributed by atoms with Crippen LogP contribution in [0.1, 0.15) is 26.3 Å². The van der Waals surface area contributed by atoms with Gasteiger partial charge in [-0.2, -0.15) is 0 Å². The first-order valence-corrected chi connectivity index (χ1v) is 5.49. The molecule has 0 aliphatic rings. The van der Waals surface area contributed by atoms with Crippen LogP contribution in [-0.4, -0.2) is 33.9 Å². The fraction of sp³-hybridized carbons (Fsp3) is 0.583. The Bertz CT molecular complexity index is 334. The SMILES string of the molecule is CCN(CC(C)(C)O)c1ccncc1CO. The van der Waals surface area contributed by atoms with Crippen molar-refractivity contribution in [3.63, 3.8) is 0 Å². The molecule has 1 heterocycles. The van der Waals surface area contributed by atoms with Crippen LogP contribution in [0.3, 0.4) is 0 Å². The lowest BCUT2D eigenvalue weighted by Gasteiger charge is -2.31. The zero-order chi connectivity index (χ0) is 12.2. The van der Waals surface area contributed by atoms with E-state index in [1.54, 1.807) is 26.2 Å². The first-order valence-electron chi connectivity index (χ1n) is 5.49. The van der Waals surface area contributed by atoms with Gasteiger partial charge in [-0.15, -0.1) is 0 Å². The summed E-state index contributed by atoms with van der Waals surface area (Å²) in [6, 6.07) is 1.86. The Hall–Kier alpha value is -1.13. The molecule has 0 aliphatic heterocycles. The molecular formula is C12H20N2O2. The highest BCUT2D eigenvalue weighted by Crippen LogP contribution is 2.21. The van der Waals surface area contributed by atoms with Gasteiger partial charge in [0.15, 0.2) is 0 Å². The van der Waals surface area contributed by atoms with Gasteiger partial charge >= 0.3 is 0 Å². The van der Waals surface area contributed by atoms with Gasteiger partial charge in [-0.05, 0) is 26.8 Å². The van der Waals surface area contributed by atoms with Crippen molar-refractivity contribution in [2.75, 3.05) is 18.0 Å². The summed E-state index contributed by atoms with van der Waals surface area (Å²) in [5.41, 5.74) is 0.960. The molecule has 16 heavy (non-hydrogen) atoms. The minimum atomic E-state index is -0.758. The van der Waals surface area contributed by atoms with Gasteiger partial charge in [-0.25, -0.2) is 0 Å². The van der Waals surface area contributed by atoms with Gasteiger partial charge in [0.1, 0.15) is 0 Å². The molecule has 0 saturated carbocycles. The van der Waals surface area contributed by atoms with E-state index in [1.807, 2.05) is 17.9 Å². The number of nitrogens with zero attached hydrogens (tertiary/aromatic N) is 2. The summed E-state index contributed by atoms with van der Waals surface area (Å²) in [5.74, 6) is 0. The highest BCUT2D eigenvalue weighted by molar-refractivity contribution is 5.52. The molecule has 4 heteroatoms. The van der Waals surface area contributed by atoms with E-state index in [1.165, 1.54) is 0 Å².